The highest BCUT2D eigenvalue weighted by atomic mass is 32.1. The van der Waals surface area contributed by atoms with Crippen molar-refractivity contribution in [3.05, 3.63) is 53.5 Å². The molecule has 1 aromatic heterocycles. The summed E-state index contributed by atoms with van der Waals surface area (Å²) in [6.45, 7) is 2.60. The van der Waals surface area contributed by atoms with Crippen LogP contribution in [0.15, 0.2) is 48.0 Å². The second-order valence-corrected chi connectivity index (χ2v) is 5.65. The normalized spacial score (nSPS) is 12.7. The summed E-state index contributed by atoms with van der Waals surface area (Å²) in [5.74, 6) is -0.0411. The van der Waals surface area contributed by atoms with E-state index < -0.39 is 0 Å². The number of benzene rings is 1. The predicted molar refractivity (Wildman–Crippen MR) is 88.3 cm³/mol. The molecule has 1 amide bonds. The molecule has 0 saturated heterocycles. The lowest BCUT2D eigenvalue weighted by molar-refractivity contribution is -0.120. The molecule has 0 bridgehead atoms. The van der Waals surface area contributed by atoms with E-state index in [1.807, 2.05) is 42.5 Å². The van der Waals surface area contributed by atoms with Crippen LogP contribution in [0.3, 0.4) is 0 Å². The Bertz CT molecular complexity index is 581. The molecule has 0 radical (unpaired) electrons. The Morgan fingerprint density at radius 3 is 2.86 bits per heavy atom. The summed E-state index contributed by atoms with van der Waals surface area (Å²) in [7, 11) is 1.93. The Morgan fingerprint density at radius 1 is 1.43 bits per heavy atom. The van der Waals surface area contributed by atoms with Gasteiger partial charge in [-0.1, -0.05) is 42.5 Å². The van der Waals surface area contributed by atoms with Crippen molar-refractivity contribution in [3.8, 4) is 0 Å². The molecule has 1 atom stereocenters. The molecule has 1 heterocycles. The van der Waals surface area contributed by atoms with Crippen molar-refractivity contribution in [2.75, 3.05) is 18.9 Å². The molecular formula is C16H19N3OS. The average molecular weight is 301 g/mol. The molecular weight excluding hydrogens is 282 g/mol. The quantitative estimate of drug-likeness (QED) is 0.891. The van der Waals surface area contributed by atoms with Crippen LogP contribution in [0.2, 0.25) is 0 Å². The van der Waals surface area contributed by atoms with Gasteiger partial charge >= 0.3 is 0 Å². The number of amides is 1. The highest BCUT2D eigenvalue weighted by molar-refractivity contribution is 7.13. The maximum Gasteiger partial charge on any atom is 0.243 e. The van der Waals surface area contributed by atoms with Gasteiger partial charge in [0.05, 0.1) is 6.04 Å². The van der Waals surface area contributed by atoms with E-state index in [1.54, 1.807) is 6.20 Å². The zero-order valence-corrected chi connectivity index (χ0v) is 13.0. The van der Waals surface area contributed by atoms with E-state index in [2.05, 4.69) is 34.6 Å². The minimum Gasteiger partial charge on any atom is -0.301 e. The summed E-state index contributed by atoms with van der Waals surface area (Å²) in [5.41, 5.74) is 1.16. The lowest BCUT2D eigenvalue weighted by Gasteiger charge is -2.21. The smallest absolute Gasteiger partial charge is 0.243 e. The molecule has 0 fully saturated rings. The van der Waals surface area contributed by atoms with Crippen LogP contribution >= 0.6 is 11.3 Å². The van der Waals surface area contributed by atoms with Gasteiger partial charge in [-0.2, -0.15) is 0 Å². The zero-order valence-electron chi connectivity index (χ0n) is 12.2. The number of hydrogen-bond acceptors (Lipinski definition) is 4. The Kier molecular flexibility index (Phi) is 5.66. The first-order valence-electron chi connectivity index (χ1n) is 6.79. The van der Waals surface area contributed by atoms with E-state index in [9.17, 15) is 4.79 Å². The minimum absolute atomic E-state index is 0.0411. The number of nitrogens with zero attached hydrogens (tertiary/aromatic N) is 2. The van der Waals surface area contributed by atoms with Gasteiger partial charge in [-0.15, -0.1) is 11.3 Å². The molecule has 2 rings (SSSR count). The summed E-state index contributed by atoms with van der Waals surface area (Å²) in [5, 5.41) is 5.29. The van der Waals surface area contributed by atoms with Crippen molar-refractivity contribution in [2.24, 2.45) is 0 Å². The molecule has 0 spiro atoms. The van der Waals surface area contributed by atoms with E-state index >= 15 is 0 Å². The second-order valence-electron chi connectivity index (χ2n) is 4.76. The van der Waals surface area contributed by atoms with Gasteiger partial charge in [0.25, 0.3) is 0 Å². The molecule has 4 nitrogen and oxygen atoms in total. The first kappa shape index (κ1) is 15.4. The number of rotatable bonds is 6. The summed E-state index contributed by atoms with van der Waals surface area (Å²) >= 11 is 1.42. The fraction of sp³-hybridized carbons (Fsp3) is 0.250. The first-order valence-corrected chi connectivity index (χ1v) is 7.67. The van der Waals surface area contributed by atoms with Crippen LogP contribution in [-0.2, 0) is 4.79 Å². The molecule has 1 N–H and O–H groups in total. The first-order chi connectivity index (χ1) is 10.2. The number of likely N-dealkylation sites (N-methyl/N-ethyl adjacent to an activating group) is 1. The van der Waals surface area contributed by atoms with Crippen molar-refractivity contribution >= 4 is 28.5 Å². The zero-order chi connectivity index (χ0) is 15.1. The number of aromatic nitrogens is 1. The molecule has 110 valence electrons. The maximum absolute atomic E-state index is 12.1. The second kappa shape index (κ2) is 7.71. The van der Waals surface area contributed by atoms with Crippen molar-refractivity contribution < 1.29 is 4.79 Å². The molecule has 0 saturated carbocycles. The summed E-state index contributed by atoms with van der Waals surface area (Å²) in [6, 6.07) is 9.90. The third kappa shape index (κ3) is 4.81. The van der Waals surface area contributed by atoms with Crippen molar-refractivity contribution in [1.29, 1.82) is 0 Å². The lowest BCUT2D eigenvalue weighted by Crippen LogP contribution is -2.39. The van der Waals surface area contributed by atoms with Crippen LogP contribution in [0.5, 0.6) is 0 Å². The van der Waals surface area contributed by atoms with Gasteiger partial charge in [0.15, 0.2) is 5.13 Å². The van der Waals surface area contributed by atoms with Gasteiger partial charge in [-0.3, -0.25) is 9.69 Å². The third-order valence-corrected chi connectivity index (χ3v) is 3.89. The molecule has 2 aromatic rings. The number of thiazole rings is 1. The van der Waals surface area contributed by atoms with Crippen molar-refractivity contribution in [2.45, 2.75) is 13.0 Å². The Balaban J connectivity index is 1.83. The molecule has 0 aliphatic rings. The van der Waals surface area contributed by atoms with Crippen molar-refractivity contribution in [1.82, 2.24) is 9.88 Å². The Morgan fingerprint density at radius 2 is 2.19 bits per heavy atom. The van der Waals surface area contributed by atoms with Gasteiger partial charge in [0.1, 0.15) is 0 Å². The van der Waals surface area contributed by atoms with E-state index in [4.69, 9.17) is 0 Å². The maximum atomic E-state index is 12.1. The van der Waals surface area contributed by atoms with Gasteiger partial charge in [0, 0.05) is 18.1 Å². The monoisotopic (exact) mass is 301 g/mol. The van der Waals surface area contributed by atoms with Crippen LogP contribution < -0.4 is 5.32 Å². The van der Waals surface area contributed by atoms with Crippen LogP contribution in [0.1, 0.15) is 12.5 Å². The largest absolute Gasteiger partial charge is 0.301 e. The standard InChI is InChI=1S/C16H19N3OS/c1-13(15(20)18-16-17-10-12-21-16)19(2)11-6-9-14-7-4-3-5-8-14/h3-10,12-13H,11H2,1-2H3,(H,17,18,20). The van der Waals surface area contributed by atoms with Crippen LogP contribution in [0.4, 0.5) is 5.13 Å². The van der Waals surface area contributed by atoms with E-state index in [0.29, 0.717) is 11.7 Å². The Hall–Kier alpha value is -1.98. The highest BCUT2D eigenvalue weighted by Gasteiger charge is 2.17. The molecule has 0 aliphatic carbocycles. The summed E-state index contributed by atoms with van der Waals surface area (Å²) in [4.78, 5) is 18.1. The number of nitrogens with one attached hydrogen (secondary N) is 1. The average Bonchev–Trinajstić information content (AvgIpc) is 3.00. The molecule has 0 aliphatic heterocycles. The van der Waals surface area contributed by atoms with Gasteiger partial charge < -0.3 is 5.32 Å². The van der Waals surface area contributed by atoms with Crippen LogP contribution in [-0.4, -0.2) is 35.4 Å². The van der Waals surface area contributed by atoms with Crippen molar-refractivity contribution in [3.63, 3.8) is 0 Å². The predicted octanol–water partition coefficient (Wildman–Crippen LogP) is 3.12. The fourth-order valence-corrected chi connectivity index (χ4v) is 2.30. The van der Waals surface area contributed by atoms with Gasteiger partial charge in [-0.05, 0) is 19.5 Å². The third-order valence-electron chi connectivity index (χ3n) is 3.21. The van der Waals surface area contributed by atoms with E-state index in [0.717, 1.165) is 5.56 Å². The number of carbonyl (C=O) groups excluding carboxylic acids is 1. The minimum atomic E-state index is -0.214. The highest BCUT2D eigenvalue weighted by Crippen LogP contribution is 2.11. The van der Waals surface area contributed by atoms with Gasteiger partial charge in [0.2, 0.25) is 5.91 Å². The van der Waals surface area contributed by atoms with E-state index in [1.165, 1.54) is 11.3 Å². The topological polar surface area (TPSA) is 45.2 Å². The molecule has 5 heteroatoms. The number of hydrogen-bond donors (Lipinski definition) is 1. The summed E-state index contributed by atoms with van der Waals surface area (Å²) in [6.07, 6.45) is 5.79. The van der Waals surface area contributed by atoms with Crippen LogP contribution in [0.25, 0.3) is 6.08 Å². The lowest BCUT2D eigenvalue weighted by atomic mass is 10.2. The molecule has 1 unspecified atom stereocenters. The number of anilines is 1. The Labute approximate surface area is 129 Å². The molecule has 21 heavy (non-hydrogen) atoms. The van der Waals surface area contributed by atoms with E-state index in [-0.39, 0.29) is 11.9 Å². The fourth-order valence-electron chi connectivity index (χ4n) is 1.77. The SMILES string of the molecule is CC(C(=O)Nc1nccs1)N(C)CC=Cc1ccccc1. The molecule has 1 aromatic carbocycles. The van der Waals surface area contributed by atoms with Gasteiger partial charge in [-0.25, -0.2) is 4.98 Å². The summed E-state index contributed by atoms with van der Waals surface area (Å²) < 4.78 is 0. The number of carbonyl (C=O) groups is 1. The van der Waals surface area contributed by atoms with Crippen LogP contribution in [0, 0.1) is 0 Å².